The Kier molecular flexibility index (Phi) is 7.21. The van der Waals surface area contributed by atoms with Crippen LogP contribution in [0.4, 0.5) is 13.2 Å². The molecule has 0 aromatic carbocycles. The van der Waals surface area contributed by atoms with Crippen molar-refractivity contribution in [1.29, 1.82) is 0 Å². The lowest BCUT2D eigenvalue weighted by Gasteiger charge is -2.20. The maximum atomic E-state index is 12.0. The molecule has 2 aromatic rings. The van der Waals surface area contributed by atoms with Crippen LogP contribution in [0.1, 0.15) is 38.0 Å². The number of rotatable bonds is 4. The molecule has 0 aliphatic carbocycles. The van der Waals surface area contributed by atoms with Crippen LogP contribution in [0.25, 0.3) is 0 Å². The average molecular weight is 432 g/mol. The summed E-state index contributed by atoms with van der Waals surface area (Å²) in [7, 11) is 1.36. The highest BCUT2D eigenvalue weighted by Gasteiger charge is 2.38. The first kappa shape index (κ1) is 22.9. The Morgan fingerprint density at radius 2 is 2.03 bits per heavy atom. The van der Waals surface area contributed by atoms with Crippen molar-refractivity contribution in [1.82, 2.24) is 20.4 Å². The molecule has 3 N–H and O–H groups in total. The molecule has 30 heavy (non-hydrogen) atoms. The number of carboxylic acid groups (broad SMARTS) is 1. The second-order valence-electron chi connectivity index (χ2n) is 6.13. The maximum Gasteiger partial charge on any atom is 0.490 e. The van der Waals surface area contributed by atoms with Crippen LogP contribution in [-0.2, 0) is 29.2 Å². The Bertz CT molecular complexity index is 935. The number of hydrogen-bond acceptors (Lipinski definition) is 7. The third-order valence-electron chi connectivity index (χ3n) is 4.03. The zero-order chi connectivity index (χ0) is 22.5. The SMILES string of the molecule is COC(=O)c1cc(CNC(=O)c2cc(C)no2)n2c1CNCC2.O=C(O)C(F)(F)F. The first-order chi connectivity index (χ1) is 14.0. The van der Waals surface area contributed by atoms with Crippen molar-refractivity contribution in [3.8, 4) is 0 Å². The minimum atomic E-state index is -5.08. The summed E-state index contributed by atoms with van der Waals surface area (Å²) in [5.74, 6) is -3.30. The number of aliphatic carboxylic acids is 1. The number of nitrogens with zero attached hydrogens (tertiary/aromatic N) is 2. The number of carboxylic acids is 1. The number of amides is 1. The van der Waals surface area contributed by atoms with Crippen LogP contribution in [0, 0.1) is 6.92 Å². The van der Waals surface area contributed by atoms with Crippen molar-refractivity contribution in [2.45, 2.75) is 32.7 Å². The van der Waals surface area contributed by atoms with E-state index in [0.717, 1.165) is 24.5 Å². The Balaban J connectivity index is 0.000000396. The van der Waals surface area contributed by atoms with Gasteiger partial charge in [0.1, 0.15) is 0 Å². The standard InChI is InChI=1S/C15H18N4O4.C2HF3O2/c1-9-5-13(23-18-9)14(20)17-7-10-6-11(15(21)22-2)12-8-16-3-4-19(10)12;3-2(4,5)1(6)7/h5-6,16H,3-4,7-8H2,1-2H3,(H,17,20);(H,6,7). The maximum absolute atomic E-state index is 12.0. The number of aryl methyl sites for hydroxylation is 1. The van der Waals surface area contributed by atoms with Crippen LogP contribution in [0.15, 0.2) is 16.7 Å². The molecule has 0 unspecified atom stereocenters. The second-order valence-corrected chi connectivity index (χ2v) is 6.13. The fraction of sp³-hybridized carbons (Fsp3) is 0.412. The molecule has 164 valence electrons. The summed E-state index contributed by atoms with van der Waals surface area (Å²) in [6.45, 7) is 4.19. The zero-order valence-corrected chi connectivity index (χ0v) is 16.0. The van der Waals surface area contributed by atoms with Crippen molar-refractivity contribution in [2.75, 3.05) is 13.7 Å². The number of ether oxygens (including phenoxy) is 1. The molecular formula is C17H19F3N4O6. The van der Waals surface area contributed by atoms with Gasteiger partial charge in [-0.2, -0.15) is 13.2 Å². The molecule has 0 fully saturated rings. The van der Waals surface area contributed by atoms with Crippen molar-refractivity contribution in [3.63, 3.8) is 0 Å². The molecule has 1 amide bonds. The number of esters is 1. The molecule has 10 nitrogen and oxygen atoms in total. The van der Waals surface area contributed by atoms with Gasteiger partial charge in [0.05, 0.1) is 24.9 Å². The summed E-state index contributed by atoms with van der Waals surface area (Å²) < 4.78 is 43.5. The predicted molar refractivity (Wildman–Crippen MR) is 93.6 cm³/mol. The largest absolute Gasteiger partial charge is 0.490 e. The lowest BCUT2D eigenvalue weighted by molar-refractivity contribution is -0.192. The van der Waals surface area contributed by atoms with E-state index < -0.39 is 12.1 Å². The summed E-state index contributed by atoms with van der Waals surface area (Å²) >= 11 is 0. The lowest BCUT2D eigenvalue weighted by Crippen LogP contribution is -2.31. The van der Waals surface area contributed by atoms with Crippen LogP contribution in [0.2, 0.25) is 0 Å². The van der Waals surface area contributed by atoms with Crippen LogP contribution < -0.4 is 10.6 Å². The summed E-state index contributed by atoms with van der Waals surface area (Å²) in [4.78, 5) is 32.8. The van der Waals surface area contributed by atoms with E-state index >= 15 is 0 Å². The van der Waals surface area contributed by atoms with E-state index in [1.165, 1.54) is 7.11 Å². The molecule has 13 heteroatoms. The van der Waals surface area contributed by atoms with Gasteiger partial charge < -0.3 is 29.6 Å². The van der Waals surface area contributed by atoms with Gasteiger partial charge in [-0.1, -0.05) is 5.16 Å². The smallest absolute Gasteiger partial charge is 0.475 e. The van der Waals surface area contributed by atoms with Gasteiger partial charge in [-0.15, -0.1) is 0 Å². The van der Waals surface area contributed by atoms with E-state index in [1.54, 1.807) is 19.1 Å². The first-order valence-electron chi connectivity index (χ1n) is 8.56. The number of aromatic nitrogens is 2. The van der Waals surface area contributed by atoms with Crippen LogP contribution >= 0.6 is 0 Å². The number of alkyl halides is 3. The van der Waals surface area contributed by atoms with Crippen molar-refractivity contribution in [2.24, 2.45) is 0 Å². The fourth-order valence-corrected chi connectivity index (χ4v) is 2.68. The number of carbonyl (C=O) groups excluding carboxylic acids is 2. The van der Waals surface area contributed by atoms with Gasteiger partial charge in [-0.05, 0) is 13.0 Å². The summed E-state index contributed by atoms with van der Waals surface area (Å²) in [6, 6.07) is 3.34. The number of halogens is 3. The van der Waals surface area contributed by atoms with Crippen molar-refractivity contribution in [3.05, 3.63) is 40.5 Å². The van der Waals surface area contributed by atoms with Gasteiger partial charge in [0, 0.05) is 37.1 Å². The van der Waals surface area contributed by atoms with E-state index in [0.29, 0.717) is 24.3 Å². The van der Waals surface area contributed by atoms with Gasteiger partial charge in [-0.3, -0.25) is 4.79 Å². The second kappa shape index (κ2) is 9.43. The quantitative estimate of drug-likeness (QED) is 0.614. The van der Waals surface area contributed by atoms with Crippen molar-refractivity contribution < 1.29 is 41.9 Å². The topological polar surface area (TPSA) is 136 Å². The molecule has 3 heterocycles. The molecule has 0 radical (unpaired) electrons. The van der Waals surface area contributed by atoms with Gasteiger partial charge >= 0.3 is 18.1 Å². The Labute approximate surface area is 168 Å². The summed E-state index contributed by atoms with van der Waals surface area (Å²) in [5.41, 5.74) is 2.91. The van der Waals surface area contributed by atoms with Gasteiger partial charge in [0.15, 0.2) is 0 Å². The fourth-order valence-electron chi connectivity index (χ4n) is 2.68. The first-order valence-corrected chi connectivity index (χ1v) is 8.56. The molecule has 0 bridgehead atoms. The van der Waals surface area contributed by atoms with Gasteiger partial charge in [-0.25, -0.2) is 9.59 Å². The highest BCUT2D eigenvalue weighted by atomic mass is 19.4. The molecule has 2 aromatic heterocycles. The Hall–Kier alpha value is -3.35. The van der Waals surface area contributed by atoms with Crippen molar-refractivity contribution >= 4 is 17.8 Å². The molecule has 0 spiro atoms. The van der Waals surface area contributed by atoms with E-state index in [2.05, 4.69) is 15.8 Å². The van der Waals surface area contributed by atoms with Crippen LogP contribution in [0.3, 0.4) is 0 Å². The predicted octanol–water partition coefficient (Wildman–Crippen LogP) is 1.24. The minimum Gasteiger partial charge on any atom is -0.475 e. The molecule has 0 saturated carbocycles. The third-order valence-corrected chi connectivity index (χ3v) is 4.03. The highest BCUT2D eigenvalue weighted by molar-refractivity contribution is 5.92. The minimum absolute atomic E-state index is 0.169. The molecular weight excluding hydrogens is 413 g/mol. The number of hydrogen-bond donors (Lipinski definition) is 3. The average Bonchev–Trinajstić information content (AvgIpc) is 3.29. The molecule has 0 atom stereocenters. The van der Waals surface area contributed by atoms with E-state index in [9.17, 15) is 22.8 Å². The molecule has 1 aliphatic heterocycles. The number of carbonyl (C=O) groups is 3. The molecule has 3 rings (SSSR count). The van der Waals surface area contributed by atoms with E-state index in [-0.39, 0.29) is 17.6 Å². The van der Waals surface area contributed by atoms with E-state index in [4.69, 9.17) is 19.2 Å². The van der Waals surface area contributed by atoms with E-state index in [1.807, 2.05) is 4.57 Å². The highest BCUT2D eigenvalue weighted by Crippen LogP contribution is 2.20. The number of methoxy groups -OCH3 is 1. The number of nitrogens with one attached hydrogen (secondary N) is 2. The summed E-state index contributed by atoms with van der Waals surface area (Å²) in [5, 5.41) is 16.8. The Morgan fingerprint density at radius 1 is 1.37 bits per heavy atom. The lowest BCUT2D eigenvalue weighted by atomic mass is 10.2. The normalized spacial score (nSPS) is 13.0. The van der Waals surface area contributed by atoms with Crippen LogP contribution in [-0.4, -0.2) is 52.5 Å². The third kappa shape index (κ3) is 5.59. The summed E-state index contributed by atoms with van der Waals surface area (Å²) in [6.07, 6.45) is -5.08. The monoisotopic (exact) mass is 432 g/mol. The Morgan fingerprint density at radius 3 is 2.57 bits per heavy atom. The van der Waals surface area contributed by atoms with Gasteiger partial charge in [0.25, 0.3) is 5.91 Å². The zero-order valence-electron chi connectivity index (χ0n) is 16.0. The molecule has 1 aliphatic rings. The van der Waals surface area contributed by atoms with Gasteiger partial charge in [0.2, 0.25) is 5.76 Å². The number of fused-ring (bicyclic) bond motifs is 1. The molecule has 0 saturated heterocycles. The van der Waals surface area contributed by atoms with Crippen LogP contribution in [0.5, 0.6) is 0 Å².